The van der Waals surface area contributed by atoms with Gasteiger partial charge in [-0.3, -0.25) is 0 Å². The van der Waals surface area contributed by atoms with E-state index in [0.29, 0.717) is 0 Å². The van der Waals surface area contributed by atoms with Crippen LogP contribution in [0.4, 0.5) is 0 Å². The van der Waals surface area contributed by atoms with E-state index in [1.165, 1.54) is 0 Å². The van der Waals surface area contributed by atoms with Crippen LogP contribution < -0.4 is 0 Å². The molecule has 3 heteroatoms. The van der Waals surface area contributed by atoms with Gasteiger partial charge >= 0.3 is 0 Å². The van der Waals surface area contributed by atoms with Crippen molar-refractivity contribution >= 4 is 38.4 Å². The molecule has 1 nitrogen and oxygen atoms in total. The van der Waals surface area contributed by atoms with Gasteiger partial charge in [-0.1, -0.05) is 11.6 Å². The first-order valence-corrected chi connectivity index (χ1v) is 4.36. The van der Waals surface area contributed by atoms with Crippen LogP contribution in [0.2, 0.25) is 5.02 Å². The van der Waals surface area contributed by atoms with E-state index in [4.69, 9.17) is 11.6 Å². The van der Waals surface area contributed by atoms with Crippen LogP contribution in [-0.2, 0) is 0 Å². The van der Waals surface area contributed by atoms with Crippen molar-refractivity contribution in [3.05, 3.63) is 33.9 Å². The van der Waals surface area contributed by atoms with Crippen molar-refractivity contribution in [3.8, 4) is 0 Å². The monoisotopic (exact) mass is 229 g/mol. The van der Waals surface area contributed by atoms with Gasteiger partial charge in [-0.05, 0) is 34.1 Å². The number of aromatic nitrogens is 1. The Kier molecular flexibility index (Phi) is 1.66. The lowest BCUT2D eigenvalue weighted by atomic mass is 10.2. The number of fused-ring (bicyclic) bond motifs is 1. The number of H-pyrrole nitrogens is 1. The number of halogens is 2. The van der Waals surface area contributed by atoms with Gasteiger partial charge in [0.05, 0.1) is 0 Å². The smallest absolute Gasteiger partial charge is 0.0466 e. The zero-order valence-corrected chi connectivity index (χ0v) is 7.91. The summed E-state index contributed by atoms with van der Waals surface area (Å²) >= 11 is 9.22. The third kappa shape index (κ3) is 1.17. The minimum Gasteiger partial charge on any atom is -0.360 e. The summed E-state index contributed by atoms with van der Waals surface area (Å²) in [6.45, 7) is 0. The second-order valence-electron chi connectivity index (χ2n) is 2.33. The van der Waals surface area contributed by atoms with Crippen molar-refractivity contribution in [1.82, 2.24) is 4.98 Å². The fourth-order valence-electron chi connectivity index (χ4n) is 1.06. The standard InChI is InChI=1S/C8H5BrClN/c9-7-4-11-8-2-1-5(10)3-6(7)8/h1-4,11H. The maximum Gasteiger partial charge on any atom is 0.0466 e. The molecular formula is C8H5BrClN. The number of aromatic amines is 1. The first kappa shape index (κ1) is 7.19. The van der Waals surface area contributed by atoms with Gasteiger partial charge in [0.1, 0.15) is 0 Å². The van der Waals surface area contributed by atoms with Gasteiger partial charge in [-0.15, -0.1) is 0 Å². The summed E-state index contributed by atoms with van der Waals surface area (Å²) in [5.41, 5.74) is 1.10. The van der Waals surface area contributed by atoms with Crippen molar-refractivity contribution in [1.29, 1.82) is 0 Å². The van der Waals surface area contributed by atoms with Gasteiger partial charge in [0, 0.05) is 26.6 Å². The first-order valence-electron chi connectivity index (χ1n) is 3.19. The Morgan fingerprint density at radius 2 is 2.18 bits per heavy atom. The Morgan fingerprint density at radius 3 is 3.00 bits per heavy atom. The van der Waals surface area contributed by atoms with Crippen LogP contribution in [0.3, 0.4) is 0 Å². The number of hydrogen-bond donors (Lipinski definition) is 1. The number of hydrogen-bond acceptors (Lipinski definition) is 0. The zero-order valence-electron chi connectivity index (χ0n) is 5.57. The van der Waals surface area contributed by atoms with Gasteiger partial charge in [-0.25, -0.2) is 0 Å². The van der Waals surface area contributed by atoms with Crippen LogP contribution in [0.5, 0.6) is 0 Å². The third-order valence-electron chi connectivity index (χ3n) is 1.59. The molecule has 0 amide bonds. The maximum atomic E-state index is 5.81. The van der Waals surface area contributed by atoms with Crippen LogP contribution in [-0.4, -0.2) is 4.98 Å². The molecule has 0 fully saturated rings. The lowest BCUT2D eigenvalue weighted by Gasteiger charge is -1.90. The Balaban J connectivity index is 2.87. The van der Waals surface area contributed by atoms with Gasteiger partial charge in [0.15, 0.2) is 0 Å². The average molecular weight is 230 g/mol. The van der Waals surface area contributed by atoms with Crippen LogP contribution in [0.15, 0.2) is 28.9 Å². The molecule has 1 N–H and O–H groups in total. The minimum atomic E-state index is 0.762. The van der Waals surface area contributed by atoms with Crippen molar-refractivity contribution in [2.24, 2.45) is 0 Å². The lowest BCUT2D eigenvalue weighted by molar-refractivity contribution is 1.47. The quantitative estimate of drug-likeness (QED) is 0.712. The Hall–Kier alpha value is -0.470. The molecule has 0 aliphatic heterocycles. The van der Waals surface area contributed by atoms with Crippen molar-refractivity contribution < 1.29 is 0 Å². The molecule has 0 saturated carbocycles. The second kappa shape index (κ2) is 2.54. The molecule has 0 aliphatic rings. The van der Waals surface area contributed by atoms with E-state index >= 15 is 0 Å². The molecule has 1 heterocycles. The predicted molar refractivity (Wildman–Crippen MR) is 51.0 cm³/mol. The summed E-state index contributed by atoms with van der Waals surface area (Å²) in [5, 5.41) is 1.88. The van der Waals surface area contributed by atoms with E-state index in [9.17, 15) is 0 Å². The van der Waals surface area contributed by atoms with Crippen LogP contribution in [0.25, 0.3) is 10.9 Å². The SMILES string of the molecule is Clc1ccc2[nH]cc(Br)c2c1. The average Bonchev–Trinajstić information content (AvgIpc) is 2.33. The van der Waals surface area contributed by atoms with E-state index in [1.807, 2.05) is 24.4 Å². The number of rotatable bonds is 0. The fraction of sp³-hybridized carbons (Fsp3) is 0. The summed E-state index contributed by atoms with van der Waals surface area (Å²) in [7, 11) is 0. The maximum absolute atomic E-state index is 5.81. The summed E-state index contributed by atoms with van der Waals surface area (Å²) in [6, 6.07) is 5.76. The first-order chi connectivity index (χ1) is 5.27. The highest BCUT2D eigenvalue weighted by atomic mass is 79.9. The van der Waals surface area contributed by atoms with E-state index in [2.05, 4.69) is 20.9 Å². The highest BCUT2D eigenvalue weighted by Gasteiger charge is 1.99. The third-order valence-corrected chi connectivity index (χ3v) is 2.48. The molecule has 0 aliphatic carbocycles. The lowest BCUT2D eigenvalue weighted by Crippen LogP contribution is -1.66. The van der Waals surface area contributed by atoms with Crippen molar-refractivity contribution in [3.63, 3.8) is 0 Å². The number of nitrogens with one attached hydrogen (secondary N) is 1. The largest absolute Gasteiger partial charge is 0.360 e. The van der Waals surface area contributed by atoms with E-state index < -0.39 is 0 Å². The van der Waals surface area contributed by atoms with Gasteiger partial charge in [0.2, 0.25) is 0 Å². The molecule has 0 spiro atoms. The summed E-state index contributed by atoms with van der Waals surface area (Å²) < 4.78 is 1.05. The van der Waals surface area contributed by atoms with Crippen LogP contribution in [0, 0.1) is 0 Å². The van der Waals surface area contributed by atoms with E-state index in [0.717, 1.165) is 20.4 Å². The molecule has 1 aromatic heterocycles. The van der Waals surface area contributed by atoms with Crippen molar-refractivity contribution in [2.75, 3.05) is 0 Å². The molecular weight excluding hydrogens is 225 g/mol. The Bertz CT molecular complexity index is 394. The molecule has 56 valence electrons. The topological polar surface area (TPSA) is 15.8 Å². The molecule has 1 aromatic carbocycles. The predicted octanol–water partition coefficient (Wildman–Crippen LogP) is 3.58. The van der Waals surface area contributed by atoms with Crippen molar-refractivity contribution in [2.45, 2.75) is 0 Å². The van der Waals surface area contributed by atoms with E-state index in [1.54, 1.807) is 0 Å². The zero-order chi connectivity index (χ0) is 7.84. The van der Waals surface area contributed by atoms with Gasteiger partial charge in [-0.2, -0.15) is 0 Å². The second-order valence-corrected chi connectivity index (χ2v) is 3.62. The molecule has 2 aromatic rings. The van der Waals surface area contributed by atoms with Gasteiger partial charge in [0.25, 0.3) is 0 Å². The molecule has 0 unspecified atom stereocenters. The van der Waals surface area contributed by atoms with Crippen LogP contribution >= 0.6 is 27.5 Å². The Labute approximate surface area is 77.5 Å². The minimum absolute atomic E-state index is 0.762. The van der Waals surface area contributed by atoms with E-state index in [-0.39, 0.29) is 0 Å². The molecule has 0 bridgehead atoms. The summed E-state index contributed by atoms with van der Waals surface area (Å²) in [6.07, 6.45) is 1.90. The highest BCUT2D eigenvalue weighted by molar-refractivity contribution is 9.10. The molecule has 11 heavy (non-hydrogen) atoms. The summed E-state index contributed by atoms with van der Waals surface area (Å²) in [5.74, 6) is 0. The fourth-order valence-corrected chi connectivity index (χ4v) is 1.67. The summed E-state index contributed by atoms with van der Waals surface area (Å²) in [4.78, 5) is 3.11. The Morgan fingerprint density at radius 1 is 1.36 bits per heavy atom. The molecule has 0 atom stereocenters. The molecule has 2 rings (SSSR count). The van der Waals surface area contributed by atoms with Crippen LogP contribution in [0.1, 0.15) is 0 Å². The highest BCUT2D eigenvalue weighted by Crippen LogP contribution is 2.25. The normalized spacial score (nSPS) is 10.7. The number of benzene rings is 1. The van der Waals surface area contributed by atoms with Gasteiger partial charge < -0.3 is 4.98 Å². The molecule has 0 saturated heterocycles. The molecule has 0 radical (unpaired) electrons.